The van der Waals surface area contributed by atoms with Crippen molar-refractivity contribution >= 4 is 21.6 Å². The molecule has 1 aromatic carbocycles. The highest BCUT2D eigenvalue weighted by Crippen LogP contribution is 2.30. The summed E-state index contributed by atoms with van der Waals surface area (Å²) in [7, 11) is -3.54. The van der Waals surface area contributed by atoms with Gasteiger partial charge in [0.05, 0.1) is 11.4 Å². The first-order valence-electron chi connectivity index (χ1n) is 6.64. The maximum atomic E-state index is 12.7. The Balaban J connectivity index is 2.51. The van der Waals surface area contributed by atoms with Gasteiger partial charge in [-0.2, -0.15) is 12.7 Å². The molecule has 0 aromatic heterocycles. The summed E-state index contributed by atoms with van der Waals surface area (Å²) in [5, 5.41) is 12.3. The van der Waals surface area contributed by atoms with Gasteiger partial charge in [0, 0.05) is 31.6 Å². The maximum absolute atomic E-state index is 12.7. The van der Waals surface area contributed by atoms with Crippen LogP contribution in [0.4, 0.5) is 5.69 Å². The fraction of sp³-hybridized carbons (Fsp3) is 0.462. The van der Waals surface area contributed by atoms with Gasteiger partial charge in [-0.1, -0.05) is 37.2 Å². The van der Waals surface area contributed by atoms with Crippen molar-refractivity contribution in [3.63, 3.8) is 0 Å². The number of hydrogen-bond acceptors (Lipinski definition) is 4. The summed E-state index contributed by atoms with van der Waals surface area (Å²) in [6, 6.07) is 7.09. The molecule has 1 N–H and O–H groups in total. The van der Waals surface area contributed by atoms with Crippen molar-refractivity contribution in [2.45, 2.75) is 20.3 Å². The molecule has 7 heteroatoms. The lowest BCUT2D eigenvalue weighted by Gasteiger charge is -2.34. The van der Waals surface area contributed by atoms with Gasteiger partial charge in [-0.15, -0.1) is 0 Å². The normalized spacial score (nSPS) is 17.6. The van der Waals surface area contributed by atoms with Crippen LogP contribution >= 0.6 is 0 Å². The zero-order chi connectivity index (χ0) is 14.8. The second-order valence-corrected chi connectivity index (χ2v) is 6.33. The van der Waals surface area contributed by atoms with E-state index in [4.69, 9.17) is 5.21 Å². The molecule has 0 spiro atoms. The Labute approximate surface area is 119 Å². The van der Waals surface area contributed by atoms with Crippen LogP contribution in [0.5, 0.6) is 0 Å². The molecule has 0 unspecified atom stereocenters. The number of anilines is 1. The summed E-state index contributed by atoms with van der Waals surface area (Å²) in [6.45, 7) is 4.78. The van der Waals surface area contributed by atoms with E-state index in [1.165, 1.54) is 8.61 Å². The van der Waals surface area contributed by atoms with Gasteiger partial charge >= 0.3 is 10.2 Å². The minimum atomic E-state index is -3.54. The Hall–Kier alpha value is -1.60. The van der Waals surface area contributed by atoms with Crippen molar-refractivity contribution in [3.8, 4) is 0 Å². The molecule has 110 valence electrons. The highest BCUT2D eigenvalue weighted by molar-refractivity contribution is 7.90. The summed E-state index contributed by atoms with van der Waals surface area (Å²) in [5.41, 5.74) is 1.75. The Kier molecular flexibility index (Phi) is 4.29. The number of hydrogen-bond donors (Lipinski definition) is 1. The molecule has 0 saturated heterocycles. The van der Waals surface area contributed by atoms with E-state index in [0.29, 0.717) is 36.5 Å². The topological polar surface area (TPSA) is 73.2 Å². The van der Waals surface area contributed by atoms with E-state index in [0.717, 1.165) is 0 Å². The lowest BCUT2D eigenvalue weighted by Crippen LogP contribution is -2.46. The Bertz CT molecular complexity index is 609. The predicted molar refractivity (Wildman–Crippen MR) is 78.6 cm³/mol. The van der Waals surface area contributed by atoms with E-state index in [9.17, 15) is 8.42 Å². The van der Waals surface area contributed by atoms with Crippen molar-refractivity contribution in [1.82, 2.24) is 4.31 Å². The van der Waals surface area contributed by atoms with Gasteiger partial charge < -0.3 is 5.21 Å². The molecule has 0 radical (unpaired) electrons. The molecule has 0 aliphatic carbocycles. The van der Waals surface area contributed by atoms with Crippen LogP contribution in [0.3, 0.4) is 0 Å². The van der Waals surface area contributed by atoms with Crippen LogP contribution in [-0.2, 0) is 10.2 Å². The van der Waals surface area contributed by atoms with E-state index in [1.807, 2.05) is 13.8 Å². The summed E-state index contributed by atoms with van der Waals surface area (Å²) in [6.07, 6.45) is 0.397. The first-order chi connectivity index (χ1) is 9.56. The van der Waals surface area contributed by atoms with Crippen LogP contribution in [-0.4, -0.2) is 43.3 Å². The van der Waals surface area contributed by atoms with Crippen LogP contribution < -0.4 is 4.31 Å². The lowest BCUT2D eigenvalue weighted by atomic mass is 10.0. The molecule has 1 aromatic rings. The predicted octanol–water partition coefficient (Wildman–Crippen LogP) is 1.66. The fourth-order valence-corrected chi connectivity index (χ4v) is 4.09. The molecular formula is C13H19N3O3S. The van der Waals surface area contributed by atoms with Crippen LogP contribution in [0.15, 0.2) is 29.4 Å². The second kappa shape index (κ2) is 5.80. The molecule has 0 atom stereocenters. The summed E-state index contributed by atoms with van der Waals surface area (Å²) >= 11 is 0. The number of fused-ring (bicyclic) bond motifs is 1. The highest BCUT2D eigenvalue weighted by atomic mass is 32.2. The van der Waals surface area contributed by atoms with Gasteiger partial charge in [-0.3, -0.25) is 4.31 Å². The molecule has 6 nitrogen and oxygen atoms in total. The van der Waals surface area contributed by atoms with Gasteiger partial charge in [-0.05, 0) is 6.07 Å². The molecule has 1 heterocycles. The van der Waals surface area contributed by atoms with E-state index in [1.54, 1.807) is 24.3 Å². The molecule has 2 rings (SSSR count). The number of rotatable bonds is 4. The smallest absolute Gasteiger partial charge is 0.304 e. The average molecular weight is 297 g/mol. The van der Waals surface area contributed by atoms with Crippen molar-refractivity contribution in [1.29, 1.82) is 0 Å². The highest BCUT2D eigenvalue weighted by Gasteiger charge is 2.33. The second-order valence-electron chi connectivity index (χ2n) is 4.48. The number of oxime groups is 1. The SMILES string of the molecule is CCN(CC)S(=O)(=O)N1CCC(=NO)c2ccccc21. The largest absolute Gasteiger partial charge is 0.411 e. The molecule has 1 aliphatic rings. The average Bonchev–Trinajstić information content (AvgIpc) is 2.46. The van der Waals surface area contributed by atoms with Gasteiger partial charge in [0.15, 0.2) is 0 Å². The monoisotopic (exact) mass is 297 g/mol. The standard InChI is InChI=1S/C13H19N3O3S/c1-3-15(4-2)20(18,19)16-10-9-12(14-17)11-7-5-6-8-13(11)16/h5-8,17H,3-4,9-10H2,1-2H3. The van der Waals surface area contributed by atoms with Gasteiger partial charge in [0.2, 0.25) is 0 Å². The van der Waals surface area contributed by atoms with Crippen LogP contribution in [0.1, 0.15) is 25.8 Å². The number of para-hydroxylation sites is 1. The Morgan fingerprint density at radius 2 is 1.95 bits per heavy atom. The summed E-state index contributed by atoms with van der Waals surface area (Å²) < 4.78 is 28.1. The zero-order valence-corrected chi connectivity index (χ0v) is 12.5. The first-order valence-corrected chi connectivity index (χ1v) is 8.04. The molecule has 0 bridgehead atoms. The minimum absolute atomic E-state index is 0.287. The number of benzene rings is 1. The van der Waals surface area contributed by atoms with Crippen LogP contribution in [0.2, 0.25) is 0 Å². The van der Waals surface area contributed by atoms with Crippen molar-refractivity contribution in [2.24, 2.45) is 5.16 Å². The first kappa shape index (κ1) is 14.8. The summed E-state index contributed by atoms with van der Waals surface area (Å²) in [5.74, 6) is 0. The van der Waals surface area contributed by atoms with Crippen molar-refractivity contribution in [2.75, 3.05) is 23.9 Å². The third-order valence-corrected chi connectivity index (χ3v) is 5.57. The number of nitrogens with zero attached hydrogens (tertiary/aromatic N) is 3. The van der Waals surface area contributed by atoms with Crippen molar-refractivity contribution < 1.29 is 13.6 Å². The van der Waals surface area contributed by atoms with E-state index >= 15 is 0 Å². The van der Waals surface area contributed by atoms with E-state index in [2.05, 4.69) is 5.16 Å². The van der Waals surface area contributed by atoms with E-state index < -0.39 is 10.2 Å². The maximum Gasteiger partial charge on any atom is 0.304 e. The quantitative estimate of drug-likeness (QED) is 0.678. The van der Waals surface area contributed by atoms with Crippen LogP contribution in [0, 0.1) is 0 Å². The minimum Gasteiger partial charge on any atom is -0.411 e. The molecule has 0 fully saturated rings. The zero-order valence-electron chi connectivity index (χ0n) is 11.7. The summed E-state index contributed by atoms with van der Waals surface area (Å²) in [4.78, 5) is 0. The van der Waals surface area contributed by atoms with Gasteiger partial charge in [0.25, 0.3) is 0 Å². The third kappa shape index (κ3) is 2.38. The lowest BCUT2D eigenvalue weighted by molar-refractivity contribution is 0.318. The molecule has 20 heavy (non-hydrogen) atoms. The van der Waals surface area contributed by atoms with Crippen molar-refractivity contribution in [3.05, 3.63) is 29.8 Å². The Morgan fingerprint density at radius 3 is 2.55 bits per heavy atom. The molecule has 0 saturated carbocycles. The molecule has 0 amide bonds. The Morgan fingerprint density at radius 1 is 1.30 bits per heavy atom. The molecular weight excluding hydrogens is 278 g/mol. The third-order valence-electron chi connectivity index (χ3n) is 3.47. The molecule has 1 aliphatic heterocycles. The van der Waals surface area contributed by atoms with E-state index in [-0.39, 0.29) is 6.54 Å². The van der Waals surface area contributed by atoms with Gasteiger partial charge in [0.1, 0.15) is 0 Å². The fourth-order valence-electron chi connectivity index (χ4n) is 2.43. The van der Waals surface area contributed by atoms with Gasteiger partial charge in [-0.25, -0.2) is 0 Å². The van der Waals surface area contributed by atoms with Crippen LogP contribution in [0.25, 0.3) is 0 Å².